The summed E-state index contributed by atoms with van der Waals surface area (Å²) in [7, 11) is 3.36. The van der Waals surface area contributed by atoms with E-state index in [2.05, 4.69) is 46.6 Å². The molecule has 5 heteroatoms. The first-order valence-electron chi connectivity index (χ1n) is 9.60. The van der Waals surface area contributed by atoms with E-state index in [0.29, 0.717) is 6.54 Å². The molecular weight excluding hydrogens is 338 g/mol. The lowest BCUT2D eigenvalue weighted by Crippen LogP contribution is -2.57. The van der Waals surface area contributed by atoms with Gasteiger partial charge < -0.3 is 20.5 Å². The van der Waals surface area contributed by atoms with Crippen LogP contribution in [0.15, 0.2) is 48.5 Å². The Morgan fingerprint density at radius 2 is 1.78 bits per heavy atom. The highest BCUT2D eigenvalue weighted by Crippen LogP contribution is 2.27. The molecule has 0 radical (unpaired) electrons. The van der Waals surface area contributed by atoms with E-state index in [9.17, 15) is 0 Å². The SMILES string of the molecule is COc1ccc(CNC2(CN)CCN(Cc3ccccc3)CC2)c(OC)c1. The van der Waals surface area contributed by atoms with Crippen molar-refractivity contribution in [3.8, 4) is 11.5 Å². The van der Waals surface area contributed by atoms with Crippen molar-refractivity contribution in [2.24, 2.45) is 5.73 Å². The average molecular weight is 370 g/mol. The zero-order chi connectivity index (χ0) is 19.1. The first-order valence-corrected chi connectivity index (χ1v) is 9.60. The highest BCUT2D eigenvalue weighted by Gasteiger charge is 2.33. The Labute approximate surface area is 162 Å². The fourth-order valence-corrected chi connectivity index (χ4v) is 3.71. The molecule has 5 nitrogen and oxygen atoms in total. The predicted molar refractivity (Wildman–Crippen MR) is 109 cm³/mol. The molecule has 1 aliphatic rings. The number of nitrogens with one attached hydrogen (secondary N) is 1. The van der Waals surface area contributed by atoms with Crippen LogP contribution in [-0.4, -0.2) is 44.3 Å². The Hall–Kier alpha value is -2.08. The minimum atomic E-state index is -0.0157. The molecule has 0 saturated carbocycles. The van der Waals surface area contributed by atoms with Gasteiger partial charge >= 0.3 is 0 Å². The molecule has 0 spiro atoms. The molecule has 0 aliphatic carbocycles. The molecule has 0 aromatic heterocycles. The normalized spacial score (nSPS) is 16.9. The van der Waals surface area contributed by atoms with Gasteiger partial charge in [-0.25, -0.2) is 0 Å². The summed E-state index contributed by atoms with van der Waals surface area (Å²) >= 11 is 0. The van der Waals surface area contributed by atoms with Gasteiger partial charge in [0.15, 0.2) is 0 Å². The number of benzene rings is 2. The maximum atomic E-state index is 6.18. The van der Waals surface area contributed by atoms with Gasteiger partial charge in [-0.2, -0.15) is 0 Å². The Bertz CT molecular complexity index is 713. The molecule has 1 heterocycles. The summed E-state index contributed by atoms with van der Waals surface area (Å²) in [6, 6.07) is 16.6. The molecule has 1 aliphatic heterocycles. The van der Waals surface area contributed by atoms with Crippen molar-refractivity contribution in [2.45, 2.75) is 31.5 Å². The molecule has 27 heavy (non-hydrogen) atoms. The minimum Gasteiger partial charge on any atom is -0.497 e. The van der Waals surface area contributed by atoms with Crippen molar-refractivity contribution < 1.29 is 9.47 Å². The van der Waals surface area contributed by atoms with E-state index in [1.165, 1.54) is 5.56 Å². The number of methoxy groups -OCH3 is 2. The third-order valence-electron chi connectivity index (χ3n) is 5.60. The summed E-state index contributed by atoms with van der Waals surface area (Å²) in [5, 5.41) is 3.73. The number of rotatable bonds is 8. The Morgan fingerprint density at radius 3 is 2.41 bits per heavy atom. The van der Waals surface area contributed by atoms with Crippen LogP contribution in [0.25, 0.3) is 0 Å². The van der Waals surface area contributed by atoms with Crippen molar-refractivity contribution >= 4 is 0 Å². The van der Waals surface area contributed by atoms with Crippen molar-refractivity contribution in [2.75, 3.05) is 33.9 Å². The highest BCUT2D eigenvalue weighted by molar-refractivity contribution is 5.40. The third kappa shape index (κ3) is 5.01. The van der Waals surface area contributed by atoms with Crippen LogP contribution in [0.1, 0.15) is 24.0 Å². The number of nitrogens with two attached hydrogens (primary N) is 1. The predicted octanol–water partition coefficient (Wildman–Crippen LogP) is 2.79. The van der Waals surface area contributed by atoms with Crippen LogP contribution in [-0.2, 0) is 13.1 Å². The standard InChI is InChI=1S/C22H31N3O2/c1-26-20-9-8-19(21(14-20)27-2)15-24-22(17-23)10-12-25(13-11-22)16-18-6-4-3-5-7-18/h3-9,14,24H,10-13,15-17,23H2,1-2H3. The molecule has 1 saturated heterocycles. The van der Waals surface area contributed by atoms with Crippen LogP contribution in [0, 0.1) is 0 Å². The van der Waals surface area contributed by atoms with Gasteiger partial charge in [-0.15, -0.1) is 0 Å². The second-order valence-corrected chi connectivity index (χ2v) is 7.28. The van der Waals surface area contributed by atoms with Gasteiger partial charge in [-0.1, -0.05) is 36.4 Å². The van der Waals surface area contributed by atoms with Crippen molar-refractivity contribution in [3.63, 3.8) is 0 Å². The summed E-state index contributed by atoms with van der Waals surface area (Å²) in [6.45, 7) is 4.50. The second kappa shape index (κ2) is 9.22. The molecule has 0 bridgehead atoms. The van der Waals surface area contributed by atoms with Crippen LogP contribution in [0.4, 0.5) is 0 Å². The van der Waals surface area contributed by atoms with Gasteiger partial charge in [-0.3, -0.25) is 4.90 Å². The largest absolute Gasteiger partial charge is 0.497 e. The smallest absolute Gasteiger partial charge is 0.127 e. The molecule has 0 unspecified atom stereocenters. The first kappa shape index (κ1) is 19.7. The van der Waals surface area contributed by atoms with Crippen LogP contribution in [0.2, 0.25) is 0 Å². The van der Waals surface area contributed by atoms with Gasteiger partial charge in [0.1, 0.15) is 11.5 Å². The quantitative estimate of drug-likeness (QED) is 0.749. The summed E-state index contributed by atoms with van der Waals surface area (Å²) in [6.07, 6.45) is 2.10. The highest BCUT2D eigenvalue weighted by atomic mass is 16.5. The van der Waals surface area contributed by atoms with E-state index in [0.717, 1.165) is 56.1 Å². The monoisotopic (exact) mass is 369 g/mol. The van der Waals surface area contributed by atoms with Gasteiger partial charge in [0.05, 0.1) is 14.2 Å². The molecule has 0 atom stereocenters. The Kier molecular flexibility index (Phi) is 6.72. The van der Waals surface area contributed by atoms with Crippen LogP contribution >= 0.6 is 0 Å². The Morgan fingerprint density at radius 1 is 1.04 bits per heavy atom. The summed E-state index contributed by atoms with van der Waals surface area (Å²) in [4.78, 5) is 2.51. The lowest BCUT2D eigenvalue weighted by molar-refractivity contribution is 0.132. The van der Waals surface area contributed by atoms with Crippen LogP contribution < -0.4 is 20.5 Å². The van der Waals surface area contributed by atoms with Crippen LogP contribution in [0.3, 0.4) is 0 Å². The minimum absolute atomic E-state index is 0.0157. The molecule has 1 fully saturated rings. The van der Waals surface area contributed by atoms with E-state index in [4.69, 9.17) is 15.2 Å². The van der Waals surface area contributed by atoms with Crippen LogP contribution in [0.5, 0.6) is 11.5 Å². The number of ether oxygens (including phenoxy) is 2. The van der Waals surface area contributed by atoms with E-state index >= 15 is 0 Å². The number of hydrogen-bond acceptors (Lipinski definition) is 5. The van der Waals surface area contributed by atoms with Gasteiger partial charge in [-0.05, 0) is 24.5 Å². The molecule has 0 amide bonds. The zero-order valence-electron chi connectivity index (χ0n) is 16.4. The van der Waals surface area contributed by atoms with E-state index in [1.54, 1.807) is 14.2 Å². The molecule has 2 aromatic carbocycles. The van der Waals surface area contributed by atoms with E-state index in [1.807, 2.05) is 12.1 Å². The lowest BCUT2D eigenvalue weighted by Gasteiger charge is -2.42. The Balaban J connectivity index is 1.58. The fraction of sp³-hybridized carbons (Fsp3) is 0.455. The molecule has 3 N–H and O–H groups in total. The zero-order valence-corrected chi connectivity index (χ0v) is 16.4. The lowest BCUT2D eigenvalue weighted by atomic mass is 9.87. The topological polar surface area (TPSA) is 59.8 Å². The number of piperidine rings is 1. The number of hydrogen-bond donors (Lipinski definition) is 2. The van der Waals surface area contributed by atoms with Crippen molar-refractivity contribution in [1.82, 2.24) is 10.2 Å². The first-order chi connectivity index (χ1) is 13.2. The van der Waals surface area contributed by atoms with Gasteiger partial charge in [0.2, 0.25) is 0 Å². The number of likely N-dealkylation sites (tertiary alicyclic amines) is 1. The summed E-state index contributed by atoms with van der Waals surface area (Å²) in [5.41, 5.74) is 8.66. The summed E-state index contributed by atoms with van der Waals surface area (Å²) < 4.78 is 10.8. The molecule has 3 rings (SSSR count). The molecule has 146 valence electrons. The third-order valence-corrected chi connectivity index (χ3v) is 5.60. The van der Waals surface area contributed by atoms with Crippen molar-refractivity contribution in [1.29, 1.82) is 0 Å². The van der Waals surface area contributed by atoms with E-state index in [-0.39, 0.29) is 5.54 Å². The maximum Gasteiger partial charge on any atom is 0.127 e. The van der Waals surface area contributed by atoms with Gasteiger partial charge in [0, 0.05) is 49.9 Å². The second-order valence-electron chi connectivity index (χ2n) is 7.28. The maximum absolute atomic E-state index is 6.18. The molecule has 2 aromatic rings. The number of nitrogens with zero attached hydrogens (tertiary/aromatic N) is 1. The van der Waals surface area contributed by atoms with Gasteiger partial charge in [0.25, 0.3) is 0 Å². The molecular formula is C22H31N3O2. The average Bonchev–Trinajstić information content (AvgIpc) is 2.74. The summed E-state index contributed by atoms with van der Waals surface area (Å²) in [5.74, 6) is 1.65. The fourth-order valence-electron chi connectivity index (χ4n) is 3.71. The van der Waals surface area contributed by atoms with Crippen molar-refractivity contribution in [3.05, 3.63) is 59.7 Å². The van der Waals surface area contributed by atoms with E-state index < -0.39 is 0 Å².